The monoisotopic (exact) mass is 459 g/mol. The van der Waals surface area contributed by atoms with E-state index in [1.807, 2.05) is 53.6 Å². The molecule has 5 rings (SSSR count). The third-order valence-corrected chi connectivity index (χ3v) is 7.43. The molecule has 1 spiro atoms. The van der Waals surface area contributed by atoms with E-state index in [4.69, 9.17) is 9.47 Å². The standard InChI is InChI=1S/C28H33N3O3/c1-21-7-3-4-9-24(21)29-19-22(2)30-15-12-28(13-16-30)11-6-14-31(27(28)32)20-23-8-5-10-25-26(23)34-18-17-33-25/h3-5,7-10,19H,1,6,11-18,20H2,2H3/b22-19+,29-24?. The summed E-state index contributed by atoms with van der Waals surface area (Å²) in [6.07, 6.45) is 13.6. The van der Waals surface area contributed by atoms with E-state index in [0.29, 0.717) is 25.7 Å². The van der Waals surface area contributed by atoms with Crippen LogP contribution in [0.4, 0.5) is 0 Å². The second-order valence-corrected chi connectivity index (χ2v) is 9.57. The van der Waals surface area contributed by atoms with Crippen LogP contribution in [0.5, 0.6) is 11.5 Å². The molecule has 2 fully saturated rings. The predicted molar refractivity (Wildman–Crippen MR) is 134 cm³/mol. The lowest BCUT2D eigenvalue weighted by atomic mass is 9.71. The molecule has 34 heavy (non-hydrogen) atoms. The van der Waals surface area contributed by atoms with Gasteiger partial charge in [0.05, 0.1) is 11.1 Å². The van der Waals surface area contributed by atoms with Crippen LogP contribution in [0, 0.1) is 5.41 Å². The maximum absolute atomic E-state index is 13.7. The minimum Gasteiger partial charge on any atom is -0.486 e. The van der Waals surface area contributed by atoms with Crippen LogP contribution in [0.2, 0.25) is 0 Å². The highest BCUT2D eigenvalue weighted by atomic mass is 16.6. The molecule has 4 aliphatic rings. The van der Waals surface area contributed by atoms with E-state index >= 15 is 0 Å². The number of piperidine rings is 2. The summed E-state index contributed by atoms with van der Waals surface area (Å²) in [6.45, 7) is 10.4. The van der Waals surface area contributed by atoms with Gasteiger partial charge in [-0.25, -0.2) is 0 Å². The average molecular weight is 460 g/mol. The summed E-state index contributed by atoms with van der Waals surface area (Å²) >= 11 is 0. The predicted octanol–water partition coefficient (Wildman–Crippen LogP) is 4.65. The summed E-state index contributed by atoms with van der Waals surface area (Å²) in [5.41, 5.74) is 3.73. The van der Waals surface area contributed by atoms with Gasteiger partial charge >= 0.3 is 0 Å². The number of benzene rings is 1. The lowest BCUT2D eigenvalue weighted by Gasteiger charge is -2.47. The zero-order valence-corrected chi connectivity index (χ0v) is 20.0. The molecule has 0 unspecified atom stereocenters. The molecular weight excluding hydrogens is 426 g/mol. The van der Waals surface area contributed by atoms with Gasteiger partial charge in [-0.1, -0.05) is 36.9 Å². The molecule has 1 amide bonds. The molecule has 1 aromatic carbocycles. The van der Waals surface area contributed by atoms with Crippen LogP contribution in [-0.2, 0) is 11.3 Å². The second kappa shape index (κ2) is 9.53. The molecule has 0 aromatic heterocycles. The first kappa shape index (κ1) is 22.5. The lowest BCUT2D eigenvalue weighted by molar-refractivity contribution is -0.150. The number of rotatable bonds is 4. The van der Waals surface area contributed by atoms with Gasteiger partial charge in [0, 0.05) is 43.6 Å². The summed E-state index contributed by atoms with van der Waals surface area (Å²) < 4.78 is 11.6. The number of carbonyl (C=O) groups is 1. The number of nitrogens with zero attached hydrogens (tertiary/aromatic N) is 3. The fraction of sp³-hybridized carbons (Fsp3) is 0.429. The smallest absolute Gasteiger partial charge is 0.229 e. The van der Waals surface area contributed by atoms with Crippen LogP contribution in [0.15, 0.2) is 71.5 Å². The first-order chi connectivity index (χ1) is 16.6. The molecule has 2 saturated heterocycles. The minimum atomic E-state index is -0.252. The van der Waals surface area contributed by atoms with E-state index in [1.165, 1.54) is 0 Å². The van der Waals surface area contributed by atoms with E-state index in [1.54, 1.807) is 0 Å². The van der Waals surface area contributed by atoms with E-state index < -0.39 is 0 Å². The van der Waals surface area contributed by atoms with Crippen molar-refractivity contribution in [3.05, 3.63) is 72.1 Å². The number of allylic oxidation sites excluding steroid dienone is 6. The highest BCUT2D eigenvalue weighted by molar-refractivity contribution is 6.11. The Morgan fingerprint density at radius 3 is 2.74 bits per heavy atom. The number of hydrogen-bond donors (Lipinski definition) is 0. The van der Waals surface area contributed by atoms with Gasteiger partial charge in [-0.3, -0.25) is 9.79 Å². The largest absolute Gasteiger partial charge is 0.486 e. The van der Waals surface area contributed by atoms with Crippen molar-refractivity contribution in [2.24, 2.45) is 10.4 Å². The maximum atomic E-state index is 13.7. The van der Waals surface area contributed by atoms with Crippen molar-refractivity contribution in [1.29, 1.82) is 0 Å². The summed E-state index contributed by atoms with van der Waals surface area (Å²) in [4.78, 5) is 22.7. The summed E-state index contributed by atoms with van der Waals surface area (Å²) in [5.74, 6) is 1.87. The molecule has 6 nitrogen and oxygen atoms in total. The molecule has 6 heteroatoms. The van der Waals surface area contributed by atoms with Crippen LogP contribution < -0.4 is 9.47 Å². The van der Waals surface area contributed by atoms with Gasteiger partial charge in [0.2, 0.25) is 5.91 Å². The topological polar surface area (TPSA) is 54.4 Å². The van der Waals surface area contributed by atoms with Crippen molar-refractivity contribution in [3.8, 4) is 11.5 Å². The molecule has 1 aliphatic carbocycles. The number of hydrogen-bond acceptors (Lipinski definition) is 5. The van der Waals surface area contributed by atoms with E-state index in [2.05, 4.69) is 23.4 Å². The summed E-state index contributed by atoms with van der Waals surface area (Å²) in [7, 11) is 0. The first-order valence-corrected chi connectivity index (χ1v) is 12.3. The molecule has 3 aliphatic heterocycles. The van der Waals surface area contributed by atoms with Crippen LogP contribution in [0.25, 0.3) is 0 Å². The number of carbonyl (C=O) groups excluding carboxylic acids is 1. The number of para-hydroxylation sites is 1. The van der Waals surface area contributed by atoms with Crippen LogP contribution >= 0.6 is 0 Å². The second-order valence-electron chi connectivity index (χ2n) is 9.57. The molecule has 178 valence electrons. The van der Waals surface area contributed by atoms with Crippen molar-refractivity contribution >= 4 is 11.6 Å². The number of fused-ring (bicyclic) bond motifs is 1. The van der Waals surface area contributed by atoms with Gasteiger partial charge in [-0.05, 0) is 50.3 Å². The third-order valence-electron chi connectivity index (χ3n) is 7.43. The average Bonchev–Trinajstić information content (AvgIpc) is 2.87. The summed E-state index contributed by atoms with van der Waals surface area (Å²) in [6, 6.07) is 5.97. The fourth-order valence-corrected chi connectivity index (χ4v) is 5.40. The van der Waals surface area contributed by atoms with Crippen molar-refractivity contribution < 1.29 is 14.3 Å². The third kappa shape index (κ3) is 4.41. The quantitative estimate of drug-likeness (QED) is 0.658. The highest BCUT2D eigenvalue weighted by Crippen LogP contribution is 2.43. The normalized spacial score (nSPS) is 23.2. The Morgan fingerprint density at radius 1 is 1.12 bits per heavy atom. The van der Waals surface area contributed by atoms with Gasteiger partial charge in [0.15, 0.2) is 11.5 Å². The van der Waals surface area contributed by atoms with Gasteiger partial charge < -0.3 is 19.3 Å². The summed E-state index contributed by atoms with van der Waals surface area (Å²) in [5, 5.41) is 0. The van der Waals surface area contributed by atoms with Gasteiger partial charge in [0.25, 0.3) is 0 Å². The zero-order chi connectivity index (χ0) is 23.5. The Morgan fingerprint density at radius 2 is 1.91 bits per heavy atom. The Labute approximate surface area is 201 Å². The minimum absolute atomic E-state index is 0.252. The molecule has 0 radical (unpaired) electrons. The van der Waals surface area contributed by atoms with Crippen LogP contribution in [0.1, 0.15) is 38.2 Å². The number of ether oxygens (including phenoxy) is 2. The van der Waals surface area contributed by atoms with Crippen LogP contribution in [-0.4, -0.2) is 54.3 Å². The number of amides is 1. The molecule has 0 saturated carbocycles. The van der Waals surface area contributed by atoms with E-state index in [0.717, 1.165) is 79.4 Å². The van der Waals surface area contributed by atoms with E-state index in [9.17, 15) is 4.79 Å². The Hall–Kier alpha value is -3.28. The Bertz CT molecular complexity index is 1090. The van der Waals surface area contributed by atoms with E-state index in [-0.39, 0.29) is 5.41 Å². The lowest BCUT2D eigenvalue weighted by Crippen LogP contribution is -2.53. The van der Waals surface area contributed by atoms with Crippen molar-refractivity contribution in [3.63, 3.8) is 0 Å². The first-order valence-electron chi connectivity index (χ1n) is 12.3. The Balaban J connectivity index is 1.24. The van der Waals surface area contributed by atoms with Crippen LogP contribution in [0.3, 0.4) is 0 Å². The van der Waals surface area contributed by atoms with Gasteiger partial charge in [0.1, 0.15) is 13.2 Å². The fourth-order valence-electron chi connectivity index (χ4n) is 5.40. The zero-order valence-electron chi connectivity index (χ0n) is 20.0. The van der Waals surface area contributed by atoms with Gasteiger partial charge in [-0.2, -0.15) is 0 Å². The molecule has 0 atom stereocenters. The van der Waals surface area contributed by atoms with Gasteiger partial charge in [-0.15, -0.1) is 0 Å². The number of likely N-dealkylation sites (tertiary alicyclic amines) is 2. The molecule has 0 bridgehead atoms. The molecule has 0 N–H and O–H groups in total. The Kier molecular flexibility index (Phi) is 6.31. The molecule has 3 heterocycles. The highest BCUT2D eigenvalue weighted by Gasteiger charge is 2.45. The van der Waals surface area contributed by atoms with Crippen molar-refractivity contribution in [2.45, 2.75) is 39.2 Å². The van der Waals surface area contributed by atoms with Crippen molar-refractivity contribution in [1.82, 2.24) is 9.80 Å². The maximum Gasteiger partial charge on any atom is 0.229 e. The SMILES string of the molecule is C=C1C=CC=CC1=N/C=C(\C)N1CCC2(CCCN(Cc3cccc4c3OCCO4)C2=O)CC1. The molecular formula is C28H33N3O3. The number of aliphatic imine (C=N–C) groups is 1. The van der Waals surface area contributed by atoms with Crippen molar-refractivity contribution in [2.75, 3.05) is 32.8 Å². The molecule has 1 aromatic rings.